The Labute approximate surface area is 108 Å². The number of nitrogens with one attached hydrogen (secondary N) is 1. The molecule has 0 bridgehead atoms. The van der Waals surface area contributed by atoms with Gasteiger partial charge in [0.1, 0.15) is 5.82 Å². The number of fused-ring (bicyclic) bond motifs is 1. The maximum atomic E-state index is 5.54. The number of anilines is 1. The van der Waals surface area contributed by atoms with Crippen molar-refractivity contribution in [2.75, 3.05) is 25.1 Å². The van der Waals surface area contributed by atoms with Crippen LogP contribution in [0.3, 0.4) is 0 Å². The van der Waals surface area contributed by atoms with Gasteiger partial charge in [-0.05, 0) is 17.4 Å². The molecule has 0 aliphatic rings. The van der Waals surface area contributed by atoms with Crippen LogP contribution in [0.1, 0.15) is 13.8 Å². The van der Waals surface area contributed by atoms with Crippen LogP contribution in [0.15, 0.2) is 36.5 Å². The number of rotatable bonds is 6. The van der Waals surface area contributed by atoms with Crippen LogP contribution < -0.4 is 5.32 Å². The van der Waals surface area contributed by atoms with Crippen LogP contribution >= 0.6 is 0 Å². The van der Waals surface area contributed by atoms with Crippen molar-refractivity contribution in [2.45, 2.75) is 13.8 Å². The van der Waals surface area contributed by atoms with Crippen molar-refractivity contribution < 1.29 is 4.74 Å². The van der Waals surface area contributed by atoms with Crippen molar-refractivity contribution in [2.24, 2.45) is 5.92 Å². The van der Waals surface area contributed by atoms with Crippen molar-refractivity contribution in [1.29, 1.82) is 0 Å². The Hall–Kier alpha value is -1.61. The van der Waals surface area contributed by atoms with Gasteiger partial charge in [0.15, 0.2) is 0 Å². The zero-order valence-electron chi connectivity index (χ0n) is 11.0. The van der Waals surface area contributed by atoms with Gasteiger partial charge in [0.25, 0.3) is 0 Å². The highest BCUT2D eigenvalue weighted by atomic mass is 16.5. The summed E-state index contributed by atoms with van der Waals surface area (Å²) in [7, 11) is 0. The molecule has 0 aliphatic heterocycles. The molecule has 1 aromatic heterocycles. The first-order valence-corrected chi connectivity index (χ1v) is 6.43. The minimum Gasteiger partial charge on any atom is -0.379 e. The molecule has 0 radical (unpaired) electrons. The van der Waals surface area contributed by atoms with Crippen LogP contribution in [0, 0.1) is 5.92 Å². The molecule has 0 saturated heterocycles. The molecule has 1 N–H and O–H groups in total. The summed E-state index contributed by atoms with van der Waals surface area (Å²) >= 11 is 0. The molecule has 0 aliphatic carbocycles. The Balaban J connectivity index is 1.91. The summed E-state index contributed by atoms with van der Waals surface area (Å²) < 4.78 is 5.54. The topological polar surface area (TPSA) is 34.1 Å². The maximum Gasteiger partial charge on any atom is 0.133 e. The third kappa shape index (κ3) is 3.44. The van der Waals surface area contributed by atoms with E-state index < -0.39 is 0 Å². The van der Waals surface area contributed by atoms with Gasteiger partial charge in [-0.2, -0.15) is 0 Å². The summed E-state index contributed by atoms with van der Waals surface area (Å²) in [5, 5.41) is 5.69. The average Bonchev–Trinajstić information content (AvgIpc) is 2.38. The Morgan fingerprint density at radius 1 is 1.22 bits per heavy atom. The molecule has 0 fully saturated rings. The average molecular weight is 244 g/mol. The van der Waals surface area contributed by atoms with Gasteiger partial charge < -0.3 is 10.1 Å². The summed E-state index contributed by atoms with van der Waals surface area (Å²) in [5.74, 6) is 1.52. The predicted molar refractivity (Wildman–Crippen MR) is 75.9 cm³/mol. The summed E-state index contributed by atoms with van der Waals surface area (Å²) in [5.41, 5.74) is 0. The van der Waals surface area contributed by atoms with E-state index in [1.54, 1.807) is 0 Å². The SMILES string of the molecule is CC(C)COCCNc1nccc2ccccc12. The largest absolute Gasteiger partial charge is 0.379 e. The Morgan fingerprint density at radius 3 is 2.89 bits per heavy atom. The second-order valence-corrected chi connectivity index (χ2v) is 4.78. The zero-order valence-corrected chi connectivity index (χ0v) is 11.0. The van der Waals surface area contributed by atoms with Crippen molar-refractivity contribution in [3.8, 4) is 0 Å². The molecule has 3 nitrogen and oxygen atoms in total. The van der Waals surface area contributed by atoms with Crippen LogP contribution in [0.4, 0.5) is 5.82 Å². The van der Waals surface area contributed by atoms with Crippen molar-refractivity contribution in [3.63, 3.8) is 0 Å². The number of aromatic nitrogens is 1. The lowest BCUT2D eigenvalue weighted by atomic mass is 10.1. The normalized spacial score (nSPS) is 11.1. The number of nitrogens with zero attached hydrogens (tertiary/aromatic N) is 1. The lowest BCUT2D eigenvalue weighted by molar-refractivity contribution is 0.118. The molecule has 18 heavy (non-hydrogen) atoms. The van der Waals surface area contributed by atoms with Crippen molar-refractivity contribution in [1.82, 2.24) is 4.98 Å². The summed E-state index contributed by atoms with van der Waals surface area (Å²) in [6, 6.07) is 10.3. The molecule has 0 spiro atoms. The van der Waals surface area contributed by atoms with Gasteiger partial charge >= 0.3 is 0 Å². The van der Waals surface area contributed by atoms with E-state index >= 15 is 0 Å². The quantitative estimate of drug-likeness (QED) is 0.791. The molecule has 0 amide bonds. The molecular formula is C15H20N2O. The number of pyridine rings is 1. The van der Waals surface area contributed by atoms with Gasteiger partial charge in [-0.1, -0.05) is 38.1 Å². The third-order valence-corrected chi connectivity index (χ3v) is 2.66. The number of hydrogen-bond acceptors (Lipinski definition) is 3. The molecule has 1 heterocycles. The second-order valence-electron chi connectivity index (χ2n) is 4.78. The van der Waals surface area contributed by atoms with Gasteiger partial charge in [-0.3, -0.25) is 0 Å². The molecule has 0 saturated carbocycles. The van der Waals surface area contributed by atoms with Crippen LogP contribution in [-0.4, -0.2) is 24.7 Å². The highest BCUT2D eigenvalue weighted by Crippen LogP contribution is 2.19. The molecule has 2 rings (SSSR count). The Morgan fingerprint density at radius 2 is 2.06 bits per heavy atom. The smallest absolute Gasteiger partial charge is 0.133 e. The fourth-order valence-electron chi connectivity index (χ4n) is 1.82. The first-order valence-electron chi connectivity index (χ1n) is 6.43. The standard InChI is InChI=1S/C15H20N2O/c1-12(2)11-18-10-9-17-15-14-6-4-3-5-13(14)7-8-16-15/h3-8,12H,9-11H2,1-2H3,(H,16,17). The van der Waals surface area contributed by atoms with Crippen LogP contribution in [0.25, 0.3) is 10.8 Å². The van der Waals surface area contributed by atoms with E-state index in [2.05, 4.69) is 36.3 Å². The highest BCUT2D eigenvalue weighted by Gasteiger charge is 2.00. The summed E-state index contributed by atoms with van der Waals surface area (Å²) in [4.78, 5) is 4.37. The molecule has 0 unspecified atom stereocenters. The monoisotopic (exact) mass is 244 g/mol. The van der Waals surface area contributed by atoms with E-state index in [0.29, 0.717) is 12.5 Å². The first-order chi connectivity index (χ1) is 8.77. The first kappa shape index (κ1) is 12.8. The fraction of sp³-hybridized carbons (Fsp3) is 0.400. The second kappa shape index (κ2) is 6.36. The summed E-state index contributed by atoms with van der Waals surface area (Å²) in [6.45, 7) is 6.61. The number of hydrogen-bond donors (Lipinski definition) is 1. The Bertz CT molecular complexity index is 491. The van der Waals surface area contributed by atoms with Crippen molar-refractivity contribution in [3.05, 3.63) is 36.5 Å². The lowest BCUT2D eigenvalue weighted by Gasteiger charge is -2.10. The Kier molecular flexibility index (Phi) is 4.53. The van der Waals surface area contributed by atoms with E-state index in [4.69, 9.17) is 4.74 Å². The maximum absolute atomic E-state index is 5.54. The molecular weight excluding hydrogens is 224 g/mol. The molecule has 2 aromatic rings. The number of ether oxygens (including phenoxy) is 1. The summed E-state index contributed by atoms with van der Waals surface area (Å²) in [6.07, 6.45) is 1.83. The van der Waals surface area contributed by atoms with Gasteiger partial charge in [0.05, 0.1) is 6.61 Å². The van der Waals surface area contributed by atoms with Gasteiger partial charge in [-0.15, -0.1) is 0 Å². The molecule has 1 aromatic carbocycles. The zero-order chi connectivity index (χ0) is 12.8. The molecule has 96 valence electrons. The van der Waals surface area contributed by atoms with Gasteiger partial charge in [0.2, 0.25) is 0 Å². The predicted octanol–water partition coefficient (Wildman–Crippen LogP) is 3.32. The van der Waals surface area contributed by atoms with E-state index in [-0.39, 0.29) is 0 Å². The van der Waals surface area contributed by atoms with Crippen LogP contribution in [0.2, 0.25) is 0 Å². The molecule has 0 atom stereocenters. The van der Waals surface area contributed by atoms with Crippen LogP contribution in [-0.2, 0) is 4.74 Å². The van der Waals surface area contributed by atoms with E-state index in [1.807, 2.05) is 24.4 Å². The minimum atomic E-state index is 0.584. The number of benzene rings is 1. The van der Waals surface area contributed by atoms with Crippen LogP contribution in [0.5, 0.6) is 0 Å². The molecule has 3 heteroatoms. The van der Waals surface area contributed by atoms with Gasteiger partial charge in [-0.25, -0.2) is 4.98 Å². The fourth-order valence-corrected chi connectivity index (χ4v) is 1.82. The van der Waals surface area contributed by atoms with Crippen molar-refractivity contribution >= 4 is 16.6 Å². The van der Waals surface area contributed by atoms with E-state index in [9.17, 15) is 0 Å². The third-order valence-electron chi connectivity index (χ3n) is 2.66. The lowest BCUT2D eigenvalue weighted by Crippen LogP contribution is -2.12. The minimum absolute atomic E-state index is 0.584. The highest BCUT2D eigenvalue weighted by molar-refractivity contribution is 5.91. The van der Waals surface area contributed by atoms with E-state index in [0.717, 1.165) is 24.4 Å². The van der Waals surface area contributed by atoms with Gasteiger partial charge in [0, 0.05) is 24.7 Å². The van der Waals surface area contributed by atoms with E-state index in [1.165, 1.54) is 5.39 Å².